The first kappa shape index (κ1) is 15.2. The highest BCUT2D eigenvalue weighted by Gasteiger charge is 2.27. The number of hydroxylamine groups is 1. The van der Waals surface area contributed by atoms with Gasteiger partial charge >= 0.3 is 6.18 Å². The number of nitro benzene ring substituents is 1. The van der Waals surface area contributed by atoms with E-state index in [0.717, 1.165) is 0 Å². The van der Waals surface area contributed by atoms with Gasteiger partial charge < -0.3 is 4.74 Å². The van der Waals surface area contributed by atoms with Crippen LogP contribution in [-0.4, -0.2) is 24.8 Å². The molecule has 0 unspecified atom stereocenters. The summed E-state index contributed by atoms with van der Waals surface area (Å²) < 4.78 is 40.4. The maximum absolute atomic E-state index is 11.8. The van der Waals surface area contributed by atoms with Gasteiger partial charge in [0.05, 0.1) is 12.0 Å². The molecule has 0 spiro atoms. The summed E-state index contributed by atoms with van der Waals surface area (Å²) in [5, 5.41) is 10.6. The number of nitrogens with one attached hydrogen (secondary N) is 1. The third-order valence-electron chi connectivity index (χ3n) is 2.08. The number of ether oxygens (including phenoxy) is 1. The Hall–Kier alpha value is -1.87. The number of benzene rings is 1. The Morgan fingerprint density at radius 2 is 2.11 bits per heavy atom. The van der Waals surface area contributed by atoms with Gasteiger partial charge in [-0.3, -0.25) is 15.0 Å². The lowest BCUT2D eigenvalue weighted by Crippen LogP contribution is -2.24. The first-order valence-electron chi connectivity index (χ1n) is 5.06. The quantitative estimate of drug-likeness (QED) is 0.491. The number of nitro groups is 1. The highest BCUT2D eigenvalue weighted by molar-refractivity contribution is 5.43. The summed E-state index contributed by atoms with van der Waals surface area (Å²) in [5.41, 5.74) is 2.21. The zero-order chi connectivity index (χ0) is 14.5. The SMILES string of the molecule is COc1ccc([N+](=O)[O-])cc1CNOCC(F)(F)F. The van der Waals surface area contributed by atoms with E-state index >= 15 is 0 Å². The molecule has 1 aromatic carbocycles. The van der Waals surface area contributed by atoms with Crippen LogP contribution < -0.4 is 10.2 Å². The van der Waals surface area contributed by atoms with Gasteiger partial charge in [0.25, 0.3) is 5.69 Å². The number of methoxy groups -OCH3 is 1. The van der Waals surface area contributed by atoms with E-state index in [9.17, 15) is 23.3 Å². The molecule has 1 rings (SSSR count). The molecule has 0 saturated carbocycles. The lowest BCUT2D eigenvalue weighted by atomic mass is 10.2. The van der Waals surface area contributed by atoms with Crippen LogP contribution in [0.25, 0.3) is 0 Å². The molecule has 1 aromatic rings. The second-order valence-corrected chi connectivity index (χ2v) is 3.48. The maximum atomic E-state index is 11.8. The molecule has 0 bridgehead atoms. The number of halogens is 3. The number of hydrogen-bond acceptors (Lipinski definition) is 5. The molecule has 0 aliphatic rings. The van der Waals surface area contributed by atoms with E-state index in [0.29, 0.717) is 11.3 Å². The minimum absolute atomic E-state index is 0.152. The van der Waals surface area contributed by atoms with Crippen LogP contribution in [0.15, 0.2) is 18.2 Å². The lowest BCUT2D eigenvalue weighted by Gasteiger charge is -2.11. The number of alkyl halides is 3. The van der Waals surface area contributed by atoms with Crippen molar-refractivity contribution in [1.29, 1.82) is 0 Å². The molecule has 0 fully saturated rings. The average molecular weight is 280 g/mol. The predicted molar refractivity (Wildman–Crippen MR) is 58.5 cm³/mol. The summed E-state index contributed by atoms with van der Waals surface area (Å²) in [7, 11) is 1.35. The first-order chi connectivity index (χ1) is 8.83. The van der Waals surface area contributed by atoms with Gasteiger partial charge in [-0.2, -0.15) is 18.7 Å². The fourth-order valence-corrected chi connectivity index (χ4v) is 1.28. The van der Waals surface area contributed by atoms with Gasteiger partial charge in [0.2, 0.25) is 0 Å². The summed E-state index contributed by atoms with van der Waals surface area (Å²) in [6.07, 6.45) is -4.44. The van der Waals surface area contributed by atoms with Gasteiger partial charge in [0.1, 0.15) is 5.75 Å². The van der Waals surface area contributed by atoms with Gasteiger partial charge in [-0.1, -0.05) is 0 Å². The molecule has 19 heavy (non-hydrogen) atoms. The van der Waals surface area contributed by atoms with Crippen molar-refractivity contribution < 1.29 is 27.7 Å². The van der Waals surface area contributed by atoms with Crippen LogP contribution in [-0.2, 0) is 11.4 Å². The molecule has 0 heterocycles. The van der Waals surface area contributed by atoms with E-state index in [-0.39, 0.29) is 12.2 Å². The molecular formula is C10H11F3N2O4. The van der Waals surface area contributed by atoms with Crippen molar-refractivity contribution in [2.75, 3.05) is 13.7 Å². The molecule has 0 aliphatic heterocycles. The largest absolute Gasteiger partial charge is 0.496 e. The second kappa shape index (κ2) is 6.34. The topological polar surface area (TPSA) is 73.6 Å². The lowest BCUT2D eigenvalue weighted by molar-refractivity contribution is -0.384. The zero-order valence-electron chi connectivity index (χ0n) is 9.86. The summed E-state index contributed by atoms with van der Waals surface area (Å²) in [6, 6.07) is 3.79. The van der Waals surface area contributed by atoms with Crippen molar-refractivity contribution in [2.24, 2.45) is 0 Å². The summed E-state index contributed by atoms with van der Waals surface area (Å²) >= 11 is 0. The third-order valence-corrected chi connectivity index (χ3v) is 2.08. The van der Waals surface area contributed by atoms with Crippen molar-refractivity contribution >= 4 is 5.69 Å². The van der Waals surface area contributed by atoms with Crippen LogP contribution in [0.2, 0.25) is 0 Å². The van der Waals surface area contributed by atoms with Gasteiger partial charge in [0.15, 0.2) is 6.61 Å². The third kappa shape index (κ3) is 5.10. The Morgan fingerprint density at radius 1 is 1.42 bits per heavy atom. The Labute approximate surface area is 106 Å². The monoisotopic (exact) mass is 280 g/mol. The minimum atomic E-state index is -4.44. The van der Waals surface area contributed by atoms with Crippen LogP contribution in [0.5, 0.6) is 5.75 Å². The minimum Gasteiger partial charge on any atom is -0.496 e. The van der Waals surface area contributed by atoms with Crippen molar-refractivity contribution in [3.05, 3.63) is 33.9 Å². The maximum Gasteiger partial charge on any atom is 0.413 e. The fraction of sp³-hybridized carbons (Fsp3) is 0.400. The molecular weight excluding hydrogens is 269 g/mol. The van der Waals surface area contributed by atoms with Crippen LogP contribution in [0, 0.1) is 10.1 Å². The Balaban J connectivity index is 2.65. The van der Waals surface area contributed by atoms with E-state index in [1.807, 2.05) is 0 Å². The molecule has 0 radical (unpaired) electrons. The first-order valence-corrected chi connectivity index (χ1v) is 5.06. The summed E-state index contributed by atoms with van der Waals surface area (Å²) in [6.45, 7) is -1.61. The summed E-state index contributed by atoms with van der Waals surface area (Å²) in [5.74, 6) is 0.314. The molecule has 106 valence electrons. The van der Waals surface area contributed by atoms with Crippen LogP contribution >= 0.6 is 0 Å². The van der Waals surface area contributed by atoms with E-state index < -0.39 is 17.7 Å². The number of rotatable bonds is 6. The molecule has 0 aromatic heterocycles. The number of non-ortho nitro benzene ring substituents is 1. The van der Waals surface area contributed by atoms with Crippen molar-refractivity contribution in [3.8, 4) is 5.75 Å². The van der Waals surface area contributed by atoms with Gasteiger partial charge in [0, 0.05) is 24.2 Å². The van der Waals surface area contributed by atoms with Gasteiger partial charge in [-0.05, 0) is 6.07 Å². The van der Waals surface area contributed by atoms with Crippen LogP contribution in [0.4, 0.5) is 18.9 Å². The fourth-order valence-electron chi connectivity index (χ4n) is 1.28. The van der Waals surface area contributed by atoms with E-state index in [2.05, 4.69) is 10.3 Å². The highest BCUT2D eigenvalue weighted by Crippen LogP contribution is 2.23. The Morgan fingerprint density at radius 3 is 2.63 bits per heavy atom. The Kier molecular flexibility index (Phi) is 5.07. The zero-order valence-corrected chi connectivity index (χ0v) is 9.86. The Bertz CT molecular complexity index is 451. The number of nitrogens with zero attached hydrogens (tertiary/aromatic N) is 1. The molecule has 1 N–H and O–H groups in total. The molecule has 0 saturated heterocycles. The van der Waals surface area contributed by atoms with Gasteiger partial charge in [-0.25, -0.2) is 0 Å². The van der Waals surface area contributed by atoms with E-state index in [4.69, 9.17) is 4.74 Å². The van der Waals surface area contributed by atoms with Gasteiger partial charge in [-0.15, -0.1) is 0 Å². The summed E-state index contributed by atoms with van der Waals surface area (Å²) in [4.78, 5) is 14.2. The van der Waals surface area contributed by atoms with E-state index in [1.54, 1.807) is 0 Å². The predicted octanol–water partition coefficient (Wildman–Crippen LogP) is 2.19. The molecule has 6 nitrogen and oxygen atoms in total. The number of hydrogen-bond donors (Lipinski definition) is 1. The standard InChI is InChI=1S/C10H11F3N2O4/c1-18-9-3-2-8(15(16)17)4-7(9)5-14-19-6-10(11,12)13/h2-4,14H,5-6H2,1H3. The van der Waals surface area contributed by atoms with E-state index in [1.165, 1.54) is 25.3 Å². The second-order valence-electron chi connectivity index (χ2n) is 3.48. The van der Waals surface area contributed by atoms with Crippen LogP contribution in [0.3, 0.4) is 0 Å². The molecule has 0 atom stereocenters. The van der Waals surface area contributed by atoms with Crippen molar-refractivity contribution in [3.63, 3.8) is 0 Å². The molecule has 0 aliphatic carbocycles. The van der Waals surface area contributed by atoms with Crippen molar-refractivity contribution in [1.82, 2.24) is 5.48 Å². The molecule has 0 amide bonds. The normalized spacial score (nSPS) is 11.4. The van der Waals surface area contributed by atoms with Crippen LogP contribution in [0.1, 0.15) is 5.56 Å². The molecule has 9 heteroatoms. The average Bonchev–Trinajstić information content (AvgIpc) is 2.33. The van der Waals surface area contributed by atoms with Crippen molar-refractivity contribution in [2.45, 2.75) is 12.7 Å². The smallest absolute Gasteiger partial charge is 0.413 e. The highest BCUT2D eigenvalue weighted by atomic mass is 19.4.